The predicted molar refractivity (Wildman–Crippen MR) is 174 cm³/mol. The molecular formula is C31H49N5O13. The Hall–Kier alpha value is -3.75. The van der Waals surface area contributed by atoms with Crippen LogP contribution in [0.2, 0.25) is 0 Å². The average molecular weight is 700 g/mol. The molecule has 0 unspecified atom stereocenters. The third-order valence-corrected chi connectivity index (χ3v) is 6.28. The zero-order valence-corrected chi connectivity index (χ0v) is 27.8. The fourth-order valence-electron chi connectivity index (χ4n) is 3.75. The molecule has 2 aromatic rings. The summed E-state index contributed by atoms with van der Waals surface area (Å²) < 4.78 is 43.4. The van der Waals surface area contributed by atoms with Crippen LogP contribution in [0.4, 0.5) is 5.82 Å². The summed E-state index contributed by atoms with van der Waals surface area (Å²) >= 11 is 0. The maximum Gasteiger partial charge on any atom is 0.343 e. The predicted octanol–water partition coefficient (Wildman–Crippen LogP) is 0.635. The fourth-order valence-corrected chi connectivity index (χ4v) is 3.75. The van der Waals surface area contributed by atoms with Gasteiger partial charge in [0.1, 0.15) is 5.75 Å². The normalized spacial score (nSPS) is 11.1. The van der Waals surface area contributed by atoms with Crippen molar-refractivity contribution < 1.29 is 57.5 Å². The van der Waals surface area contributed by atoms with Crippen molar-refractivity contribution in [3.8, 4) is 5.75 Å². The van der Waals surface area contributed by atoms with Gasteiger partial charge in [-0.2, -0.15) is 0 Å². The van der Waals surface area contributed by atoms with Crippen LogP contribution >= 0.6 is 0 Å². The molecule has 0 aliphatic heterocycles. The smallest absolute Gasteiger partial charge is 0.343 e. The first-order chi connectivity index (χ1) is 24.0. The second-order valence-corrected chi connectivity index (χ2v) is 10.1. The number of aromatic amines is 1. The quantitative estimate of drug-likeness (QED) is 0.0467. The molecule has 276 valence electrons. The number of benzene rings is 1. The molecular weight excluding hydrogens is 650 g/mol. The Morgan fingerprint density at radius 1 is 0.673 bits per heavy atom. The molecule has 0 aliphatic carbocycles. The Bertz CT molecular complexity index is 1150. The van der Waals surface area contributed by atoms with Gasteiger partial charge >= 0.3 is 5.82 Å². The lowest BCUT2D eigenvalue weighted by molar-refractivity contribution is -0.389. The van der Waals surface area contributed by atoms with Gasteiger partial charge in [-0.05, 0) is 29.0 Å². The molecule has 2 rings (SSSR count). The van der Waals surface area contributed by atoms with Gasteiger partial charge < -0.3 is 63.7 Å². The largest absolute Gasteiger partial charge is 0.508 e. The summed E-state index contributed by atoms with van der Waals surface area (Å²) in [5.74, 6) is -0.725. The van der Waals surface area contributed by atoms with E-state index in [2.05, 4.69) is 20.8 Å². The van der Waals surface area contributed by atoms with Gasteiger partial charge in [0.05, 0.1) is 112 Å². The maximum atomic E-state index is 11.8. The van der Waals surface area contributed by atoms with Crippen molar-refractivity contribution >= 4 is 17.6 Å². The van der Waals surface area contributed by atoms with Gasteiger partial charge in [-0.25, -0.2) is 0 Å². The summed E-state index contributed by atoms with van der Waals surface area (Å²) in [7, 11) is 0. The molecule has 0 spiro atoms. The van der Waals surface area contributed by atoms with Crippen molar-refractivity contribution in [3.05, 3.63) is 51.7 Å². The summed E-state index contributed by atoms with van der Waals surface area (Å²) in [6, 6.07) is 7.97. The summed E-state index contributed by atoms with van der Waals surface area (Å²) in [6.45, 7) is 7.28. The van der Waals surface area contributed by atoms with Gasteiger partial charge in [0.2, 0.25) is 5.91 Å². The highest BCUT2D eigenvalue weighted by Gasteiger charge is 2.15. The number of rotatable bonds is 32. The Labute approximate surface area is 285 Å². The highest BCUT2D eigenvalue weighted by Crippen LogP contribution is 2.09. The molecule has 4 N–H and O–H groups in total. The lowest BCUT2D eigenvalue weighted by Crippen LogP contribution is -2.28. The van der Waals surface area contributed by atoms with Crippen LogP contribution in [0, 0.1) is 10.1 Å². The number of hydrogen-bond acceptors (Lipinski definition) is 14. The number of H-pyrrole nitrogens is 1. The van der Waals surface area contributed by atoms with Gasteiger partial charge in [-0.15, -0.1) is 5.10 Å². The molecule has 1 heterocycles. The Kier molecular flexibility index (Phi) is 23.8. The minimum atomic E-state index is -0.664. The van der Waals surface area contributed by atoms with Crippen LogP contribution in [0.5, 0.6) is 5.75 Å². The molecule has 0 bridgehead atoms. The first-order valence-electron chi connectivity index (χ1n) is 16.1. The molecule has 2 amide bonds. The minimum Gasteiger partial charge on any atom is -0.508 e. The molecule has 49 heavy (non-hydrogen) atoms. The Morgan fingerprint density at radius 2 is 1.12 bits per heavy atom. The minimum absolute atomic E-state index is 0.0637. The number of nitrogens with zero attached hydrogens (tertiary/aromatic N) is 2. The molecule has 18 nitrogen and oxygen atoms in total. The molecule has 1 aromatic carbocycles. The van der Waals surface area contributed by atoms with E-state index in [1.807, 2.05) is 12.1 Å². The molecule has 18 heteroatoms. The third-order valence-electron chi connectivity index (χ3n) is 6.28. The second kappa shape index (κ2) is 28.1. The van der Waals surface area contributed by atoms with Gasteiger partial charge in [0.25, 0.3) is 5.91 Å². The average Bonchev–Trinajstić information content (AvgIpc) is 3.60. The van der Waals surface area contributed by atoms with Crippen molar-refractivity contribution in [1.29, 1.82) is 0 Å². The summed E-state index contributed by atoms with van der Waals surface area (Å²) in [4.78, 5) is 33.6. The number of phenolic OH excluding ortho intramolecular Hbond substituents is 1. The van der Waals surface area contributed by atoms with Crippen LogP contribution in [0.15, 0.2) is 30.3 Å². The highest BCUT2D eigenvalue weighted by molar-refractivity contribution is 5.92. The van der Waals surface area contributed by atoms with E-state index in [1.54, 1.807) is 12.1 Å². The summed E-state index contributed by atoms with van der Waals surface area (Å²) in [6.07, 6.45) is 0.985. The SMILES string of the molecule is O=C(CCOCCOCCOCCOCCOCCOCCOCCOCCNC(=O)c1cc([N+](=O)[O-])[nH]n1)NCCc1ccc(O)cc1. The van der Waals surface area contributed by atoms with Crippen LogP contribution in [0.25, 0.3) is 0 Å². The van der Waals surface area contributed by atoms with E-state index in [0.29, 0.717) is 112 Å². The van der Waals surface area contributed by atoms with E-state index in [1.165, 1.54) is 0 Å². The van der Waals surface area contributed by atoms with E-state index in [9.17, 15) is 24.8 Å². The Balaban J connectivity index is 1.19. The zero-order chi connectivity index (χ0) is 35.2. The van der Waals surface area contributed by atoms with Crippen LogP contribution in [0.1, 0.15) is 22.5 Å². The van der Waals surface area contributed by atoms with Crippen LogP contribution in [-0.4, -0.2) is 151 Å². The maximum absolute atomic E-state index is 11.8. The van der Waals surface area contributed by atoms with E-state index >= 15 is 0 Å². The summed E-state index contributed by atoms with van der Waals surface area (Å²) in [5, 5.41) is 31.0. The molecule has 0 saturated carbocycles. The highest BCUT2D eigenvalue weighted by atomic mass is 16.6. The second-order valence-electron chi connectivity index (χ2n) is 10.1. The van der Waals surface area contributed by atoms with Gasteiger partial charge in [-0.1, -0.05) is 17.2 Å². The summed E-state index contributed by atoms with van der Waals surface area (Å²) in [5.41, 5.74) is 0.980. The van der Waals surface area contributed by atoms with E-state index in [4.69, 9.17) is 37.9 Å². The van der Waals surface area contributed by atoms with Crippen molar-refractivity contribution in [2.24, 2.45) is 0 Å². The first-order valence-corrected chi connectivity index (χ1v) is 16.1. The van der Waals surface area contributed by atoms with Crippen molar-refractivity contribution in [3.63, 3.8) is 0 Å². The molecule has 1 aromatic heterocycles. The number of aromatic hydroxyl groups is 1. The third kappa shape index (κ3) is 22.5. The standard InChI is InChI=1S/C31H49N5O13/c37-27-3-1-26(2-4-27)5-7-32-30(38)6-9-42-11-13-44-15-17-46-19-21-48-23-24-49-22-20-47-18-16-45-14-12-43-10-8-33-31(39)28-25-29(35-34-28)36(40)41/h1-4,25,37H,5-24H2,(H,32,38)(H,33,39)(H,34,35). The number of nitrogens with one attached hydrogen (secondary N) is 3. The van der Waals surface area contributed by atoms with E-state index in [-0.39, 0.29) is 42.7 Å². The number of carbonyl (C=O) groups excluding carboxylic acids is 2. The molecule has 0 aliphatic rings. The van der Waals surface area contributed by atoms with Gasteiger partial charge in [0.15, 0.2) is 5.69 Å². The lowest BCUT2D eigenvalue weighted by atomic mass is 10.1. The van der Waals surface area contributed by atoms with Crippen LogP contribution in [0.3, 0.4) is 0 Å². The van der Waals surface area contributed by atoms with Crippen molar-refractivity contribution in [2.45, 2.75) is 12.8 Å². The van der Waals surface area contributed by atoms with Crippen LogP contribution < -0.4 is 10.6 Å². The number of carbonyl (C=O) groups is 2. The number of phenols is 1. The zero-order valence-electron chi connectivity index (χ0n) is 27.8. The molecule has 0 atom stereocenters. The van der Waals surface area contributed by atoms with Crippen molar-refractivity contribution in [1.82, 2.24) is 20.8 Å². The number of aromatic nitrogens is 2. The van der Waals surface area contributed by atoms with Gasteiger partial charge in [0, 0.05) is 19.5 Å². The Morgan fingerprint density at radius 3 is 1.57 bits per heavy atom. The topological polar surface area (TPSA) is 224 Å². The van der Waals surface area contributed by atoms with E-state index in [0.717, 1.165) is 11.6 Å². The number of ether oxygens (including phenoxy) is 8. The van der Waals surface area contributed by atoms with Crippen LogP contribution in [-0.2, 0) is 49.1 Å². The van der Waals surface area contributed by atoms with Gasteiger partial charge in [-0.3, -0.25) is 9.59 Å². The molecule has 0 saturated heterocycles. The number of hydrogen-bond donors (Lipinski definition) is 4. The molecule has 0 radical (unpaired) electrons. The number of amides is 2. The lowest BCUT2D eigenvalue weighted by Gasteiger charge is -2.09. The van der Waals surface area contributed by atoms with Crippen molar-refractivity contribution in [2.75, 3.05) is 119 Å². The number of nitro groups is 1. The fraction of sp³-hybridized carbons (Fsp3) is 0.645. The first kappa shape index (κ1) is 41.4. The molecule has 0 fully saturated rings. The van der Waals surface area contributed by atoms with E-state index < -0.39 is 10.8 Å². The monoisotopic (exact) mass is 699 g/mol.